The van der Waals surface area contributed by atoms with Gasteiger partial charge in [-0.25, -0.2) is 4.98 Å². The fraction of sp³-hybridized carbons (Fsp3) is 0.219. The summed E-state index contributed by atoms with van der Waals surface area (Å²) in [6.45, 7) is 11.4. The molecule has 2 atom stereocenters. The Bertz CT molecular complexity index is 1410. The molecule has 0 aliphatic carbocycles. The molecule has 0 bridgehead atoms. The van der Waals surface area contributed by atoms with Gasteiger partial charge in [-0.3, -0.25) is 0 Å². The highest BCUT2D eigenvalue weighted by Crippen LogP contribution is 2.63. The molecule has 1 aromatic heterocycles. The summed E-state index contributed by atoms with van der Waals surface area (Å²) >= 11 is 0. The fourth-order valence-electron chi connectivity index (χ4n) is 6.27. The smallest absolute Gasteiger partial charge is 0.158 e. The summed E-state index contributed by atoms with van der Waals surface area (Å²) in [5.74, 6) is 1.01. The second-order valence-corrected chi connectivity index (χ2v) is 10.4. The number of rotatable bonds is 4. The predicted molar refractivity (Wildman–Crippen MR) is 147 cm³/mol. The van der Waals surface area contributed by atoms with Crippen LogP contribution >= 0.6 is 0 Å². The molecule has 0 spiro atoms. The molecule has 6 rings (SSSR count). The van der Waals surface area contributed by atoms with E-state index in [-0.39, 0.29) is 17.0 Å². The normalized spacial score (nSPS) is 21.7. The van der Waals surface area contributed by atoms with E-state index >= 15 is 0 Å². The van der Waals surface area contributed by atoms with Crippen molar-refractivity contribution in [1.82, 2.24) is 4.98 Å². The number of allylic oxidation sites excluding steroid dienone is 1. The minimum Gasteiger partial charge on any atom is -0.316 e. The quantitative estimate of drug-likeness (QED) is 0.288. The molecule has 0 N–H and O–H groups in total. The topological polar surface area (TPSA) is 19.4 Å². The number of benzene rings is 3. The molecule has 0 saturated heterocycles. The summed E-state index contributed by atoms with van der Waals surface area (Å²) in [6, 6.07) is 32.5. The van der Waals surface area contributed by atoms with Crippen molar-refractivity contribution in [3.05, 3.63) is 115 Å². The van der Waals surface area contributed by atoms with E-state index in [1.807, 2.05) is 6.20 Å². The number of anilines is 4. The van der Waals surface area contributed by atoms with Crippen LogP contribution in [0.15, 0.2) is 110 Å². The highest BCUT2D eigenvalue weighted by atomic mass is 15.5. The average Bonchev–Trinajstić information content (AvgIpc) is 3.25. The average molecular weight is 458 g/mol. The van der Waals surface area contributed by atoms with Gasteiger partial charge in [0.15, 0.2) is 5.82 Å². The van der Waals surface area contributed by atoms with Crippen molar-refractivity contribution in [3.8, 4) is 11.1 Å². The number of aromatic nitrogens is 1. The second kappa shape index (κ2) is 7.84. The van der Waals surface area contributed by atoms with Gasteiger partial charge in [-0.1, -0.05) is 93.6 Å². The highest BCUT2D eigenvalue weighted by Gasteiger charge is 2.59. The largest absolute Gasteiger partial charge is 0.316 e. The van der Waals surface area contributed by atoms with Crippen LogP contribution in [0, 0.1) is 5.41 Å². The van der Waals surface area contributed by atoms with E-state index in [0.29, 0.717) is 0 Å². The zero-order valence-corrected chi connectivity index (χ0v) is 20.6. The van der Waals surface area contributed by atoms with E-state index in [9.17, 15) is 0 Å². The van der Waals surface area contributed by atoms with Gasteiger partial charge in [-0.05, 0) is 41.8 Å². The van der Waals surface area contributed by atoms with Crippen LogP contribution in [0.4, 0.5) is 22.9 Å². The Kier molecular flexibility index (Phi) is 4.86. The van der Waals surface area contributed by atoms with Crippen molar-refractivity contribution in [3.63, 3.8) is 0 Å². The molecular formula is C32H31N3. The Morgan fingerprint density at radius 1 is 0.771 bits per heavy atom. The molecule has 3 heteroatoms. The zero-order valence-electron chi connectivity index (χ0n) is 20.6. The first kappa shape index (κ1) is 21.7. The third kappa shape index (κ3) is 2.94. The van der Waals surface area contributed by atoms with Gasteiger partial charge in [0.05, 0.1) is 11.4 Å². The first-order valence-electron chi connectivity index (χ1n) is 12.4. The molecular weight excluding hydrogens is 426 g/mol. The minimum absolute atomic E-state index is 0.0529. The molecule has 0 saturated carbocycles. The summed E-state index contributed by atoms with van der Waals surface area (Å²) in [6.07, 6.45) is 4.95. The molecule has 2 aliphatic rings. The lowest BCUT2D eigenvalue weighted by molar-refractivity contribution is 0.131. The Balaban J connectivity index is 1.66. The van der Waals surface area contributed by atoms with Crippen LogP contribution in [0.25, 0.3) is 11.1 Å². The maximum Gasteiger partial charge on any atom is 0.158 e. The highest BCUT2D eigenvalue weighted by molar-refractivity contribution is 5.93. The summed E-state index contributed by atoms with van der Waals surface area (Å²) in [7, 11) is 0. The van der Waals surface area contributed by atoms with Crippen LogP contribution in [-0.2, 0) is 5.41 Å². The molecule has 0 amide bonds. The van der Waals surface area contributed by atoms with Crippen molar-refractivity contribution >= 4 is 22.9 Å². The van der Waals surface area contributed by atoms with Crippen LogP contribution in [0.5, 0.6) is 0 Å². The molecule has 4 aromatic rings. The molecule has 0 fully saturated rings. The molecule has 174 valence electrons. The Labute approximate surface area is 208 Å². The van der Waals surface area contributed by atoms with Crippen LogP contribution < -0.4 is 9.80 Å². The summed E-state index contributed by atoms with van der Waals surface area (Å²) in [4.78, 5) is 9.97. The molecule has 3 aromatic carbocycles. The zero-order chi connectivity index (χ0) is 24.2. The monoisotopic (exact) mass is 457 g/mol. The van der Waals surface area contributed by atoms with Gasteiger partial charge in [0, 0.05) is 28.3 Å². The molecule has 2 unspecified atom stereocenters. The van der Waals surface area contributed by atoms with Gasteiger partial charge < -0.3 is 9.80 Å². The first-order chi connectivity index (χ1) is 17.0. The third-order valence-corrected chi connectivity index (χ3v) is 8.37. The lowest BCUT2D eigenvalue weighted by Crippen LogP contribution is -2.61. The van der Waals surface area contributed by atoms with Crippen molar-refractivity contribution in [1.29, 1.82) is 0 Å². The molecule has 0 radical (unpaired) electrons. The molecule has 35 heavy (non-hydrogen) atoms. The number of pyridine rings is 1. The summed E-state index contributed by atoms with van der Waals surface area (Å²) in [5.41, 5.74) is 7.15. The Morgan fingerprint density at radius 2 is 1.43 bits per heavy atom. The lowest BCUT2D eigenvalue weighted by atomic mass is 9.57. The van der Waals surface area contributed by atoms with E-state index in [4.69, 9.17) is 4.98 Å². The van der Waals surface area contributed by atoms with Crippen molar-refractivity contribution < 1.29 is 0 Å². The van der Waals surface area contributed by atoms with Gasteiger partial charge in [-0.2, -0.15) is 0 Å². The van der Waals surface area contributed by atoms with Crippen molar-refractivity contribution in [2.75, 3.05) is 9.80 Å². The Morgan fingerprint density at radius 3 is 2.20 bits per heavy atom. The number of fused-ring (bicyclic) bond motifs is 5. The van der Waals surface area contributed by atoms with Gasteiger partial charge in [-0.15, -0.1) is 6.58 Å². The maximum absolute atomic E-state index is 4.97. The fourth-order valence-corrected chi connectivity index (χ4v) is 6.27. The van der Waals surface area contributed by atoms with E-state index in [1.54, 1.807) is 0 Å². The van der Waals surface area contributed by atoms with Gasteiger partial charge in [0.1, 0.15) is 6.17 Å². The van der Waals surface area contributed by atoms with Gasteiger partial charge >= 0.3 is 0 Å². The van der Waals surface area contributed by atoms with Crippen LogP contribution in [0.3, 0.4) is 0 Å². The minimum atomic E-state index is -0.139. The van der Waals surface area contributed by atoms with Crippen LogP contribution in [0.2, 0.25) is 0 Å². The standard InChI is InChI=1S/C32H31N3/c1-5-21-32(4)25-17-10-12-19-27(25)34-28-20-13-22-33-29(28)35(30(34)31(32,2)3)26-18-11-9-16-24(26)23-14-7-6-8-15-23/h5-20,22,30H,1,21H2,2-4H3. The van der Waals surface area contributed by atoms with Crippen molar-refractivity contribution in [2.45, 2.75) is 38.8 Å². The van der Waals surface area contributed by atoms with E-state index in [1.165, 1.54) is 28.1 Å². The molecule has 2 aliphatic heterocycles. The Hall–Kier alpha value is -3.85. The van der Waals surface area contributed by atoms with E-state index in [2.05, 4.69) is 134 Å². The van der Waals surface area contributed by atoms with Gasteiger partial charge in [0.25, 0.3) is 0 Å². The molecule has 3 nitrogen and oxygen atoms in total. The lowest BCUT2D eigenvalue weighted by Gasteiger charge is -2.57. The second-order valence-electron chi connectivity index (χ2n) is 10.4. The maximum atomic E-state index is 4.97. The number of hydrogen-bond acceptors (Lipinski definition) is 3. The summed E-state index contributed by atoms with van der Waals surface area (Å²) in [5, 5.41) is 0. The van der Waals surface area contributed by atoms with Crippen LogP contribution in [-0.4, -0.2) is 11.1 Å². The molecule has 3 heterocycles. The number of para-hydroxylation sites is 2. The predicted octanol–water partition coefficient (Wildman–Crippen LogP) is 8.24. The first-order valence-corrected chi connectivity index (χ1v) is 12.4. The third-order valence-electron chi connectivity index (χ3n) is 8.37. The van der Waals surface area contributed by atoms with Crippen molar-refractivity contribution in [2.24, 2.45) is 5.41 Å². The summed E-state index contributed by atoms with van der Waals surface area (Å²) < 4.78 is 0. The SMILES string of the molecule is C=CCC1(C)c2ccccc2N2c3cccnc3N(c3ccccc3-c3ccccc3)C2C1(C)C. The van der Waals surface area contributed by atoms with Gasteiger partial charge in [0.2, 0.25) is 0 Å². The number of hydrogen-bond donors (Lipinski definition) is 0. The number of nitrogens with zero attached hydrogens (tertiary/aromatic N) is 3. The van der Waals surface area contributed by atoms with E-state index < -0.39 is 0 Å². The van der Waals surface area contributed by atoms with E-state index in [0.717, 1.165) is 17.9 Å². The van der Waals surface area contributed by atoms with Crippen LogP contribution in [0.1, 0.15) is 32.8 Å².